The molecule has 10 heteroatoms. The zero-order valence-corrected chi connectivity index (χ0v) is 17.1. The third kappa shape index (κ3) is 9.61. The van der Waals surface area contributed by atoms with Gasteiger partial charge in [0, 0.05) is 21.2 Å². The average Bonchev–Trinajstić information content (AvgIpc) is 2.64. The Kier molecular flexibility index (Phi) is 11.3. The molecule has 0 radical (unpaired) electrons. The molecule has 0 atom stereocenters. The summed E-state index contributed by atoms with van der Waals surface area (Å²) in [6.45, 7) is 0.444. The topological polar surface area (TPSA) is 108 Å². The Labute approximate surface area is 176 Å². The maximum Gasteiger partial charge on any atom is 0.172 e. The van der Waals surface area contributed by atoms with Gasteiger partial charge in [-0.3, -0.25) is 0 Å². The highest BCUT2D eigenvalue weighted by Crippen LogP contribution is 2.21. The summed E-state index contributed by atoms with van der Waals surface area (Å²) in [6, 6.07) is 15.0. The van der Waals surface area contributed by atoms with E-state index >= 15 is 0 Å². The molecular weight excluding hydrogens is 416 g/mol. The smallest absolute Gasteiger partial charge is 0.172 e. The van der Waals surface area contributed by atoms with E-state index in [2.05, 4.69) is 28.2 Å². The van der Waals surface area contributed by atoms with Crippen molar-refractivity contribution in [3.63, 3.8) is 0 Å². The molecule has 27 heavy (non-hydrogen) atoms. The normalized spacial score (nSPS) is 8.67. The van der Waals surface area contributed by atoms with Crippen LogP contribution in [0.3, 0.4) is 0 Å². The molecule has 0 heterocycles. The number of nitrogens with one attached hydrogen (secondary N) is 4. The van der Waals surface area contributed by atoms with Gasteiger partial charge in [0.25, 0.3) is 0 Å². The quantitative estimate of drug-likeness (QED) is 0.168. The zero-order valence-electron chi connectivity index (χ0n) is 13.9. The van der Waals surface area contributed by atoms with Crippen LogP contribution in [-0.2, 0) is 0 Å². The summed E-state index contributed by atoms with van der Waals surface area (Å²) in [6.07, 6.45) is 0. The van der Waals surface area contributed by atoms with E-state index in [4.69, 9.17) is 28.2 Å². The summed E-state index contributed by atoms with van der Waals surface area (Å²) in [5.41, 5.74) is 1.72. The maximum absolute atomic E-state index is 8.70. The highest BCUT2D eigenvalue weighted by atomic mass is 32.2. The van der Waals surface area contributed by atoms with Gasteiger partial charge in [-0.15, -0.1) is 0 Å². The van der Waals surface area contributed by atoms with Gasteiger partial charge in [0.2, 0.25) is 0 Å². The molecule has 2 aromatic rings. The fourth-order valence-corrected chi connectivity index (χ4v) is 2.88. The average molecular weight is 431 g/mol. The van der Waals surface area contributed by atoms with Crippen molar-refractivity contribution < 1.29 is 0 Å². The van der Waals surface area contributed by atoms with Gasteiger partial charge in [-0.05, 0) is 84.4 Å². The number of anilines is 2. The molecule has 0 bridgehead atoms. The molecule has 136 valence electrons. The molecule has 0 spiro atoms. The number of rotatable bonds is 6. The van der Waals surface area contributed by atoms with Crippen LogP contribution in [0.1, 0.15) is 0 Å². The van der Waals surface area contributed by atoms with Crippen LogP contribution < -0.4 is 16.0 Å². The summed E-state index contributed by atoms with van der Waals surface area (Å²) in [5, 5.41) is 38.6. The zero-order chi connectivity index (χ0) is 19.9. The Morgan fingerprint density at radius 2 is 1.52 bits per heavy atom. The SMILES string of the molecule is N#CSc1cccc(NCNC(=S)Nc2cccc(SC#N)c2)c1.N=C=S. The van der Waals surface area contributed by atoms with Crippen LogP contribution in [0.25, 0.3) is 0 Å². The standard InChI is InChI=1S/C16H13N5S3.CHNS/c17-9-23-14-5-1-3-12(7-14)19-11-20-16(22)21-13-4-2-6-15(8-13)24-10-18;2-1-3/h1-8,19H,11H2,(H2,20,21,22);2H. The molecule has 0 aliphatic carbocycles. The first-order valence-corrected chi connectivity index (χ1v) is 9.72. The number of nitriles is 2. The monoisotopic (exact) mass is 430 g/mol. The van der Waals surface area contributed by atoms with Crippen LogP contribution in [0, 0.1) is 26.7 Å². The molecule has 0 aliphatic rings. The minimum absolute atomic E-state index is 0.444. The number of hydrogen-bond acceptors (Lipinski definition) is 8. The molecule has 4 N–H and O–H groups in total. The van der Waals surface area contributed by atoms with E-state index in [0.29, 0.717) is 11.8 Å². The van der Waals surface area contributed by atoms with Crippen molar-refractivity contribution in [3.8, 4) is 10.8 Å². The molecule has 6 nitrogen and oxygen atoms in total. The van der Waals surface area contributed by atoms with Gasteiger partial charge in [0.05, 0.1) is 11.8 Å². The second kappa shape index (κ2) is 13.6. The minimum Gasteiger partial charge on any atom is -0.368 e. The Balaban J connectivity index is 0.00000114. The molecule has 0 saturated heterocycles. The number of thioether (sulfide) groups is 2. The van der Waals surface area contributed by atoms with E-state index < -0.39 is 0 Å². The van der Waals surface area contributed by atoms with Crippen LogP contribution in [0.15, 0.2) is 58.3 Å². The second-order valence-corrected chi connectivity index (χ2v) is 6.86. The lowest BCUT2D eigenvalue weighted by Gasteiger charge is -2.12. The van der Waals surface area contributed by atoms with Gasteiger partial charge >= 0.3 is 0 Å². The maximum atomic E-state index is 8.70. The van der Waals surface area contributed by atoms with Crippen molar-refractivity contribution in [1.29, 1.82) is 15.9 Å². The summed E-state index contributed by atoms with van der Waals surface area (Å²) >= 11 is 11.3. The van der Waals surface area contributed by atoms with E-state index in [0.717, 1.165) is 44.7 Å². The van der Waals surface area contributed by atoms with E-state index in [-0.39, 0.29) is 0 Å². The summed E-state index contributed by atoms with van der Waals surface area (Å²) in [5.74, 6) is 0. The Bertz CT molecular complexity index is 881. The lowest BCUT2D eigenvalue weighted by molar-refractivity contribution is 0.990. The summed E-state index contributed by atoms with van der Waals surface area (Å²) < 4.78 is 0. The molecule has 0 unspecified atom stereocenters. The predicted octanol–water partition coefficient (Wildman–Crippen LogP) is 4.86. The fraction of sp³-hybridized carbons (Fsp3) is 0.0588. The molecule has 0 aliphatic heterocycles. The van der Waals surface area contributed by atoms with E-state index in [1.54, 1.807) is 5.16 Å². The second-order valence-electron chi connectivity index (χ2n) is 4.53. The van der Waals surface area contributed by atoms with Gasteiger partial charge in [-0.2, -0.15) is 10.5 Å². The first-order valence-electron chi connectivity index (χ1n) is 7.27. The molecule has 2 rings (SSSR count). The summed E-state index contributed by atoms with van der Waals surface area (Å²) in [4.78, 5) is 1.74. The number of nitrogens with zero attached hydrogens (tertiary/aromatic N) is 2. The largest absolute Gasteiger partial charge is 0.368 e. The summed E-state index contributed by atoms with van der Waals surface area (Å²) in [7, 11) is 0. The number of thiocarbonyl (C=S) groups is 2. The third-order valence-electron chi connectivity index (χ3n) is 2.79. The van der Waals surface area contributed by atoms with Crippen LogP contribution in [-0.4, -0.2) is 16.9 Å². The van der Waals surface area contributed by atoms with Crippen molar-refractivity contribution in [2.24, 2.45) is 0 Å². The molecule has 0 aromatic heterocycles. The van der Waals surface area contributed by atoms with Gasteiger partial charge in [0.15, 0.2) is 5.11 Å². The van der Waals surface area contributed by atoms with Crippen molar-refractivity contribution in [2.75, 3.05) is 17.3 Å². The van der Waals surface area contributed by atoms with Gasteiger partial charge in [-0.25, -0.2) is 5.41 Å². The number of benzene rings is 2. The number of hydrogen-bond donors (Lipinski definition) is 4. The molecule has 0 amide bonds. The van der Waals surface area contributed by atoms with Crippen LogP contribution >= 0.6 is 48.0 Å². The van der Waals surface area contributed by atoms with Crippen LogP contribution in [0.4, 0.5) is 11.4 Å². The van der Waals surface area contributed by atoms with Gasteiger partial charge < -0.3 is 16.0 Å². The van der Waals surface area contributed by atoms with Crippen molar-refractivity contribution in [2.45, 2.75) is 9.79 Å². The highest BCUT2D eigenvalue weighted by molar-refractivity contribution is 8.04. The third-order valence-corrected chi connectivity index (χ3v) is 4.20. The fourth-order valence-electron chi connectivity index (χ4n) is 1.81. The number of thiocyanates is 2. The van der Waals surface area contributed by atoms with Gasteiger partial charge in [-0.1, -0.05) is 12.1 Å². The Morgan fingerprint density at radius 1 is 1.00 bits per heavy atom. The molecule has 0 fully saturated rings. The van der Waals surface area contributed by atoms with Crippen molar-refractivity contribution in [1.82, 2.24) is 5.32 Å². The lowest BCUT2D eigenvalue weighted by Crippen LogP contribution is -2.32. The van der Waals surface area contributed by atoms with Gasteiger partial charge in [0.1, 0.15) is 10.8 Å². The van der Waals surface area contributed by atoms with Crippen LogP contribution in [0.2, 0.25) is 0 Å². The van der Waals surface area contributed by atoms with E-state index in [1.807, 2.05) is 59.3 Å². The Morgan fingerprint density at radius 3 is 2.07 bits per heavy atom. The number of isothiocyanates is 1. The first-order chi connectivity index (χ1) is 13.1. The van der Waals surface area contributed by atoms with Crippen molar-refractivity contribution in [3.05, 3.63) is 48.5 Å². The molecule has 2 aromatic carbocycles. The first kappa shape index (κ1) is 22.5. The molecular formula is C17H14N6S4. The van der Waals surface area contributed by atoms with E-state index in [1.165, 1.54) is 0 Å². The minimum atomic E-state index is 0.444. The Hall–Kier alpha value is -2.59. The predicted molar refractivity (Wildman–Crippen MR) is 119 cm³/mol. The lowest BCUT2D eigenvalue weighted by atomic mass is 10.3. The molecule has 0 saturated carbocycles. The highest BCUT2D eigenvalue weighted by Gasteiger charge is 2.00. The van der Waals surface area contributed by atoms with E-state index in [9.17, 15) is 0 Å². The van der Waals surface area contributed by atoms with Crippen LogP contribution in [0.5, 0.6) is 0 Å². The van der Waals surface area contributed by atoms with Crippen molar-refractivity contribution >= 4 is 69.6 Å².